The van der Waals surface area contributed by atoms with Gasteiger partial charge in [0, 0.05) is 12.8 Å². The first-order valence-corrected chi connectivity index (χ1v) is 13.8. The molecule has 0 aromatic carbocycles. The molecule has 1 N–H and O–H groups in total. The fraction of sp³-hybridized carbons (Fsp3) is 0.793. The number of allylic oxidation sites excluding steroid dienone is 4. The van der Waals surface area contributed by atoms with Gasteiger partial charge in [0.05, 0.1) is 0 Å². The predicted molar refractivity (Wildman–Crippen MR) is 139 cm³/mol. The highest BCUT2D eigenvalue weighted by molar-refractivity contribution is 5.69. The average molecular weight is 465 g/mol. The number of esters is 1. The fourth-order valence-corrected chi connectivity index (χ4v) is 3.86. The standard InChI is InChI=1S/C29H52O4/c1-3-5-6-7-8-9-10-11-12-13-14-15-16-17-18-19-20-21-22-26-29(32)33-27(4-2)24-23-25-28(30)31/h8-9,11-12,27H,3-7,10,13-26H2,1-2H3,(H,30,31)/b9-8-,12-11-. The molecular weight excluding hydrogens is 412 g/mol. The summed E-state index contributed by atoms with van der Waals surface area (Å²) >= 11 is 0. The van der Waals surface area contributed by atoms with Crippen molar-refractivity contribution in [2.45, 2.75) is 148 Å². The molecule has 0 aliphatic carbocycles. The van der Waals surface area contributed by atoms with Crippen LogP contribution in [0, 0.1) is 0 Å². The van der Waals surface area contributed by atoms with E-state index >= 15 is 0 Å². The van der Waals surface area contributed by atoms with Gasteiger partial charge in [-0.25, -0.2) is 0 Å². The molecule has 0 radical (unpaired) electrons. The summed E-state index contributed by atoms with van der Waals surface area (Å²) < 4.78 is 5.48. The summed E-state index contributed by atoms with van der Waals surface area (Å²) in [7, 11) is 0. The van der Waals surface area contributed by atoms with Crippen LogP contribution in [0.1, 0.15) is 142 Å². The van der Waals surface area contributed by atoms with Gasteiger partial charge in [0.25, 0.3) is 0 Å². The Bertz CT molecular complexity index is 510. The van der Waals surface area contributed by atoms with Crippen molar-refractivity contribution in [3.63, 3.8) is 0 Å². The summed E-state index contributed by atoms with van der Waals surface area (Å²) in [6, 6.07) is 0. The van der Waals surface area contributed by atoms with Crippen molar-refractivity contribution >= 4 is 11.9 Å². The van der Waals surface area contributed by atoms with Crippen LogP contribution in [-0.2, 0) is 14.3 Å². The number of hydrogen-bond donors (Lipinski definition) is 1. The molecule has 0 amide bonds. The van der Waals surface area contributed by atoms with Gasteiger partial charge in [-0.05, 0) is 57.8 Å². The first-order valence-electron chi connectivity index (χ1n) is 13.8. The third-order valence-corrected chi connectivity index (χ3v) is 6.00. The Labute approximate surface area is 204 Å². The quantitative estimate of drug-likeness (QED) is 0.0879. The van der Waals surface area contributed by atoms with Crippen LogP contribution < -0.4 is 0 Å². The van der Waals surface area contributed by atoms with E-state index in [9.17, 15) is 9.59 Å². The first kappa shape index (κ1) is 31.4. The summed E-state index contributed by atoms with van der Waals surface area (Å²) in [4.78, 5) is 22.5. The number of unbranched alkanes of at least 4 members (excludes halogenated alkanes) is 12. The van der Waals surface area contributed by atoms with Crippen molar-refractivity contribution in [2.24, 2.45) is 0 Å². The molecule has 4 nitrogen and oxygen atoms in total. The molecule has 0 spiro atoms. The lowest BCUT2D eigenvalue weighted by Crippen LogP contribution is -2.17. The second kappa shape index (κ2) is 25.1. The number of rotatable bonds is 24. The minimum absolute atomic E-state index is 0.130. The van der Waals surface area contributed by atoms with Crippen molar-refractivity contribution in [2.75, 3.05) is 0 Å². The minimum atomic E-state index is -0.791. The lowest BCUT2D eigenvalue weighted by atomic mass is 10.1. The smallest absolute Gasteiger partial charge is 0.306 e. The van der Waals surface area contributed by atoms with E-state index in [1.54, 1.807) is 0 Å². The van der Waals surface area contributed by atoms with Crippen LogP contribution in [0.2, 0.25) is 0 Å². The van der Waals surface area contributed by atoms with Gasteiger partial charge in [-0.1, -0.05) is 95.9 Å². The molecule has 1 unspecified atom stereocenters. The molecule has 0 heterocycles. The maximum absolute atomic E-state index is 11.9. The Balaban J connectivity index is 3.41. The molecule has 0 saturated heterocycles. The molecule has 33 heavy (non-hydrogen) atoms. The molecule has 0 rings (SSSR count). The van der Waals surface area contributed by atoms with Gasteiger partial charge in [0.2, 0.25) is 0 Å². The van der Waals surface area contributed by atoms with Crippen molar-refractivity contribution in [1.82, 2.24) is 0 Å². The van der Waals surface area contributed by atoms with Crippen molar-refractivity contribution < 1.29 is 19.4 Å². The van der Waals surface area contributed by atoms with Crippen LogP contribution in [0.5, 0.6) is 0 Å². The first-order chi connectivity index (χ1) is 16.1. The maximum Gasteiger partial charge on any atom is 0.306 e. The van der Waals surface area contributed by atoms with Crippen LogP contribution >= 0.6 is 0 Å². The summed E-state index contributed by atoms with van der Waals surface area (Å²) in [6.45, 7) is 4.22. The summed E-state index contributed by atoms with van der Waals surface area (Å²) in [5.74, 6) is -0.922. The molecule has 192 valence electrons. The summed E-state index contributed by atoms with van der Waals surface area (Å²) in [6.07, 6.45) is 30.2. The Morgan fingerprint density at radius 3 is 1.79 bits per heavy atom. The molecule has 0 bridgehead atoms. The Morgan fingerprint density at radius 1 is 0.697 bits per heavy atom. The largest absolute Gasteiger partial charge is 0.481 e. The second-order valence-electron chi connectivity index (χ2n) is 9.20. The lowest BCUT2D eigenvalue weighted by Gasteiger charge is -2.15. The molecule has 0 aliphatic heterocycles. The normalized spacial score (nSPS) is 12.5. The second-order valence-corrected chi connectivity index (χ2v) is 9.20. The van der Waals surface area contributed by atoms with E-state index in [1.807, 2.05) is 6.92 Å². The summed E-state index contributed by atoms with van der Waals surface area (Å²) in [5.41, 5.74) is 0. The van der Waals surface area contributed by atoms with E-state index in [0.29, 0.717) is 19.3 Å². The zero-order valence-corrected chi connectivity index (χ0v) is 21.7. The molecule has 0 aromatic heterocycles. The fourth-order valence-electron chi connectivity index (χ4n) is 3.86. The lowest BCUT2D eigenvalue weighted by molar-refractivity contribution is -0.149. The third-order valence-electron chi connectivity index (χ3n) is 6.00. The number of carbonyl (C=O) groups excluding carboxylic acids is 1. The van der Waals surface area contributed by atoms with Gasteiger partial charge < -0.3 is 9.84 Å². The molecule has 0 aliphatic rings. The number of carboxylic acids is 1. The van der Waals surface area contributed by atoms with Crippen LogP contribution in [0.3, 0.4) is 0 Å². The van der Waals surface area contributed by atoms with Crippen LogP contribution in [0.4, 0.5) is 0 Å². The molecule has 4 heteroatoms. The van der Waals surface area contributed by atoms with Gasteiger partial charge in [0.15, 0.2) is 0 Å². The molecule has 0 saturated carbocycles. The van der Waals surface area contributed by atoms with Crippen molar-refractivity contribution in [3.05, 3.63) is 24.3 Å². The minimum Gasteiger partial charge on any atom is -0.481 e. The number of ether oxygens (including phenoxy) is 1. The van der Waals surface area contributed by atoms with Gasteiger partial charge in [0.1, 0.15) is 6.10 Å². The predicted octanol–water partition coefficient (Wildman–Crippen LogP) is 8.94. The van der Waals surface area contributed by atoms with Crippen LogP contribution in [0.15, 0.2) is 24.3 Å². The monoisotopic (exact) mass is 464 g/mol. The van der Waals surface area contributed by atoms with Gasteiger partial charge in [-0.2, -0.15) is 0 Å². The summed E-state index contributed by atoms with van der Waals surface area (Å²) in [5, 5.41) is 8.70. The third kappa shape index (κ3) is 24.9. The zero-order valence-electron chi connectivity index (χ0n) is 21.7. The molecule has 0 fully saturated rings. The highest BCUT2D eigenvalue weighted by Crippen LogP contribution is 2.14. The topological polar surface area (TPSA) is 63.6 Å². The van der Waals surface area contributed by atoms with Gasteiger partial charge >= 0.3 is 11.9 Å². The Morgan fingerprint density at radius 2 is 1.24 bits per heavy atom. The van der Waals surface area contributed by atoms with E-state index < -0.39 is 5.97 Å². The van der Waals surface area contributed by atoms with Crippen molar-refractivity contribution in [3.8, 4) is 0 Å². The average Bonchev–Trinajstić information content (AvgIpc) is 2.79. The molecule has 0 aromatic rings. The number of aliphatic carboxylic acids is 1. The Kier molecular flexibility index (Phi) is 23.9. The highest BCUT2D eigenvalue weighted by atomic mass is 16.5. The van der Waals surface area contributed by atoms with E-state index in [2.05, 4.69) is 31.2 Å². The van der Waals surface area contributed by atoms with E-state index in [-0.39, 0.29) is 18.5 Å². The molecular formula is C29H52O4. The number of carboxylic acid groups (broad SMARTS) is 1. The molecule has 1 atom stereocenters. The van der Waals surface area contributed by atoms with Crippen molar-refractivity contribution in [1.29, 1.82) is 0 Å². The number of carbonyl (C=O) groups is 2. The van der Waals surface area contributed by atoms with Gasteiger partial charge in [-0.15, -0.1) is 0 Å². The maximum atomic E-state index is 11.9. The van der Waals surface area contributed by atoms with E-state index in [1.165, 1.54) is 77.0 Å². The zero-order chi connectivity index (χ0) is 24.4. The van der Waals surface area contributed by atoms with Crippen LogP contribution in [-0.4, -0.2) is 23.1 Å². The number of hydrogen-bond acceptors (Lipinski definition) is 3. The SMILES string of the molecule is CCCCC/C=C\C/C=C\CCCCCCCCCCCC(=O)OC(CC)CCCC(=O)O. The Hall–Kier alpha value is -1.58. The highest BCUT2D eigenvalue weighted by Gasteiger charge is 2.12. The van der Waals surface area contributed by atoms with E-state index in [0.717, 1.165) is 25.7 Å². The van der Waals surface area contributed by atoms with Gasteiger partial charge in [-0.3, -0.25) is 9.59 Å². The van der Waals surface area contributed by atoms with Crippen LogP contribution in [0.25, 0.3) is 0 Å². The van der Waals surface area contributed by atoms with E-state index in [4.69, 9.17) is 9.84 Å².